The zero-order valence-electron chi connectivity index (χ0n) is 21.7. The van der Waals surface area contributed by atoms with Crippen molar-refractivity contribution in [2.45, 2.75) is 25.8 Å². The van der Waals surface area contributed by atoms with Crippen LogP contribution in [0.5, 0.6) is 0 Å². The molecule has 0 bridgehead atoms. The maximum absolute atomic E-state index is 13.3. The first kappa shape index (κ1) is 25.7. The van der Waals surface area contributed by atoms with Crippen LogP contribution in [-0.2, 0) is 4.74 Å². The number of ether oxygens (including phenoxy) is 1. The fourth-order valence-electron chi connectivity index (χ4n) is 4.44. The van der Waals surface area contributed by atoms with Gasteiger partial charge in [-0.3, -0.25) is 9.59 Å². The van der Waals surface area contributed by atoms with E-state index in [9.17, 15) is 9.59 Å². The third-order valence-corrected chi connectivity index (χ3v) is 6.99. The Labute approximate surface area is 233 Å². The molecule has 1 saturated heterocycles. The van der Waals surface area contributed by atoms with E-state index in [0.717, 1.165) is 5.56 Å². The van der Waals surface area contributed by atoms with E-state index < -0.39 is 11.5 Å². The molecule has 202 valence electrons. The normalized spacial score (nSPS) is 13.5. The van der Waals surface area contributed by atoms with Gasteiger partial charge in [0.2, 0.25) is 0 Å². The van der Waals surface area contributed by atoms with Gasteiger partial charge in [-0.25, -0.2) is 14.6 Å². The first-order valence-corrected chi connectivity index (χ1v) is 13.1. The number of nitrogen functional groups attached to an aromatic ring is 1. The van der Waals surface area contributed by atoms with Gasteiger partial charge >= 0.3 is 0 Å². The van der Waals surface area contributed by atoms with Crippen LogP contribution < -0.4 is 16.6 Å². The second-order valence-corrected chi connectivity index (χ2v) is 10.2. The third kappa shape index (κ3) is 4.59. The lowest BCUT2D eigenvalue weighted by molar-refractivity contribution is -0.0268. The van der Waals surface area contributed by atoms with Gasteiger partial charge in [0.25, 0.3) is 11.5 Å². The number of benzene rings is 2. The number of halogens is 1. The van der Waals surface area contributed by atoms with Gasteiger partial charge in [-0.2, -0.15) is 14.9 Å². The summed E-state index contributed by atoms with van der Waals surface area (Å²) in [5.41, 5.74) is 9.33. The Morgan fingerprint density at radius 1 is 1.07 bits per heavy atom. The smallest absolute Gasteiger partial charge is 0.284 e. The number of hydrogen-bond donors (Lipinski definition) is 2. The molecule has 0 saturated carbocycles. The molecule has 2 aromatic carbocycles. The molecule has 3 N–H and O–H groups in total. The largest absolute Gasteiger partial charge is 0.383 e. The van der Waals surface area contributed by atoms with E-state index in [1.54, 1.807) is 36.4 Å². The predicted octanol–water partition coefficient (Wildman–Crippen LogP) is 4.22. The Hall–Kier alpha value is -4.61. The molecular formula is C28H25ClN8O3. The molecule has 1 amide bonds. The first-order chi connectivity index (χ1) is 19.3. The summed E-state index contributed by atoms with van der Waals surface area (Å²) in [6.07, 6.45) is 1.42. The lowest BCUT2D eigenvalue weighted by atomic mass is 10.1. The van der Waals surface area contributed by atoms with E-state index in [2.05, 4.69) is 20.4 Å². The summed E-state index contributed by atoms with van der Waals surface area (Å²) in [5, 5.41) is 13.3. The van der Waals surface area contributed by atoms with Crippen LogP contribution >= 0.6 is 11.6 Å². The minimum absolute atomic E-state index is 0.0115. The van der Waals surface area contributed by atoms with Crippen molar-refractivity contribution >= 4 is 40.0 Å². The molecule has 4 heterocycles. The van der Waals surface area contributed by atoms with Crippen LogP contribution in [0, 0.1) is 0 Å². The molecule has 1 fully saturated rings. The molecule has 11 nitrogen and oxygen atoms in total. The topological polar surface area (TPSA) is 143 Å². The number of amides is 1. The Balaban J connectivity index is 1.31. The van der Waals surface area contributed by atoms with Crippen LogP contribution in [-0.4, -0.2) is 48.6 Å². The van der Waals surface area contributed by atoms with Crippen molar-refractivity contribution in [2.75, 3.05) is 24.3 Å². The van der Waals surface area contributed by atoms with Gasteiger partial charge in [0, 0.05) is 16.3 Å². The second kappa shape index (κ2) is 10.2. The van der Waals surface area contributed by atoms with Gasteiger partial charge in [0.1, 0.15) is 29.4 Å². The maximum atomic E-state index is 13.3. The summed E-state index contributed by atoms with van der Waals surface area (Å²) in [6.45, 7) is 5.00. The highest BCUT2D eigenvalue weighted by molar-refractivity contribution is 6.30. The zero-order chi connectivity index (χ0) is 28.0. The summed E-state index contributed by atoms with van der Waals surface area (Å²) < 4.78 is 8.38. The predicted molar refractivity (Wildman–Crippen MR) is 152 cm³/mol. The number of nitrogens with one attached hydrogen (secondary N) is 1. The molecule has 0 atom stereocenters. The minimum Gasteiger partial charge on any atom is -0.383 e. The van der Waals surface area contributed by atoms with Crippen LogP contribution in [0.3, 0.4) is 0 Å². The van der Waals surface area contributed by atoms with E-state index in [0.29, 0.717) is 57.9 Å². The van der Waals surface area contributed by atoms with E-state index in [1.807, 2.05) is 30.7 Å². The average Bonchev–Trinajstić information content (AvgIpc) is 3.29. The molecule has 6 rings (SSSR count). The van der Waals surface area contributed by atoms with Gasteiger partial charge in [-0.1, -0.05) is 37.6 Å². The molecule has 3 aromatic heterocycles. The number of aromatic nitrogens is 6. The number of nitrogens with two attached hydrogens (primary N) is 1. The highest BCUT2D eigenvalue weighted by Gasteiger charge is 2.27. The van der Waals surface area contributed by atoms with Gasteiger partial charge in [-0.15, -0.1) is 0 Å². The lowest BCUT2D eigenvalue weighted by Crippen LogP contribution is -2.31. The number of nitrogens with zero attached hydrogens (tertiary/aromatic N) is 6. The van der Waals surface area contributed by atoms with Gasteiger partial charge in [-0.05, 0) is 48.4 Å². The monoisotopic (exact) mass is 556 g/mol. The lowest BCUT2D eigenvalue weighted by Gasteiger charge is -2.26. The number of carbonyl (C=O) groups excluding carboxylic acids is 1. The minimum atomic E-state index is -0.540. The Morgan fingerprint density at radius 3 is 2.45 bits per heavy atom. The Morgan fingerprint density at radius 2 is 1.80 bits per heavy atom. The SMILES string of the molecule is CC(C)c1cc(C(=O)Nc2ccc(-c3nn(C4COC4)c4ncnc(N)c34)cc2)c(=O)n(-c2ccc(Cl)cc2)n1. The molecular weight excluding hydrogens is 532 g/mol. The van der Waals surface area contributed by atoms with E-state index in [4.69, 9.17) is 27.2 Å². The number of anilines is 2. The molecule has 40 heavy (non-hydrogen) atoms. The van der Waals surface area contributed by atoms with Crippen LogP contribution in [0.1, 0.15) is 41.9 Å². The first-order valence-electron chi connectivity index (χ1n) is 12.7. The highest BCUT2D eigenvalue weighted by atomic mass is 35.5. The third-order valence-electron chi connectivity index (χ3n) is 6.74. The van der Waals surface area contributed by atoms with Crippen molar-refractivity contribution in [3.8, 4) is 16.9 Å². The van der Waals surface area contributed by atoms with Crippen LogP contribution in [0.25, 0.3) is 28.0 Å². The van der Waals surface area contributed by atoms with Gasteiger partial charge < -0.3 is 15.8 Å². The molecule has 0 radical (unpaired) electrons. The maximum Gasteiger partial charge on any atom is 0.284 e. The number of carbonyl (C=O) groups is 1. The molecule has 5 aromatic rings. The number of hydrogen-bond acceptors (Lipinski definition) is 8. The molecule has 12 heteroatoms. The standard InChI is InChI=1S/C28H25ClN8O3/c1-15(2)22-11-21(28(39)37(34-22)19-9-5-17(29)6-10-19)27(38)33-18-7-3-16(4-8-18)24-23-25(30)31-14-32-26(23)36(35-24)20-12-40-13-20/h3-11,14-15,20H,12-13H2,1-2H3,(H,33,38)(H2,30,31,32). The summed E-state index contributed by atoms with van der Waals surface area (Å²) in [4.78, 5) is 35.2. The van der Waals surface area contributed by atoms with Crippen LogP contribution in [0.4, 0.5) is 11.5 Å². The van der Waals surface area contributed by atoms with Crippen molar-refractivity contribution in [1.82, 2.24) is 29.5 Å². The number of fused-ring (bicyclic) bond motifs is 1. The van der Waals surface area contributed by atoms with E-state index >= 15 is 0 Å². The van der Waals surface area contributed by atoms with E-state index in [1.165, 1.54) is 17.1 Å². The zero-order valence-corrected chi connectivity index (χ0v) is 22.5. The average molecular weight is 557 g/mol. The van der Waals surface area contributed by atoms with Crippen molar-refractivity contribution in [3.63, 3.8) is 0 Å². The van der Waals surface area contributed by atoms with Crippen molar-refractivity contribution < 1.29 is 9.53 Å². The van der Waals surface area contributed by atoms with Gasteiger partial charge in [0.15, 0.2) is 5.65 Å². The second-order valence-electron chi connectivity index (χ2n) is 9.80. The van der Waals surface area contributed by atoms with Crippen molar-refractivity contribution in [2.24, 2.45) is 0 Å². The van der Waals surface area contributed by atoms with Crippen LogP contribution in [0.2, 0.25) is 5.02 Å². The summed E-state index contributed by atoms with van der Waals surface area (Å²) >= 11 is 6.01. The highest BCUT2D eigenvalue weighted by Crippen LogP contribution is 2.33. The molecule has 0 spiro atoms. The quantitative estimate of drug-likeness (QED) is 0.316. The molecule has 1 aliphatic rings. The summed E-state index contributed by atoms with van der Waals surface area (Å²) in [5.74, 6) is -0.218. The summed E-state index contributed by atoms with van der Waals surface area (Å²) in [7, 11) is 0. The Kier molecular flexibility index (Phi) is 6.53. The van der Waals surface area contributed by atoms with E-state index in [-0.39, 0.29) is 17.5 Å². The van der Waals surface area contributed by atoms with Gasteiger partial charge in [0.05, 0.1) is 30.0 Å². The number of rotatable bonds is 6. The van der Waals surface area contributed by atoms with Crippen molar-refractivity contribution in [1.29, 1.82) is 0 Å². The molecule has 0 unspecified atom stereocenters. The molecule has 0 aliphatic carbocycles. The fourth-order valence-corrected chi connectivity index (χ4v) is 4.57. The Bertz CT molecular complexity index is 1790. The van der Waals surface area contributed by atoms with Crippen molar-refractivity contribution in [3.05, 3.63) is 87.6 Å². The fraction of sp³-hybridized carbons (Fsp3) is 0.214. The molecule has 1 aliphatic heterocycles. The summed E-state index contributed by atoms with van der Waals surface area (Å²) in [6, 6.07) is 15.4. The van der Waals surface area contributed by atoms with Crippen LogP contribution in [0.15, 0.2) is 65.7 Å².